The molecule has 0 saturated carbocycles. The molecule has 1 heterocycles. The van der Waals surface area contributed by atoms with Crippen LogP contribution in [0.2, 0.25) is 0 Å². The zero-order chi connectivity index (χ0) is 16.3. The van der Waals surface area contributed by atoms with Crippen molar-refractivity contribution in [3.8, 4) is 0 Å². The molecular weight excluding hydrogens is 285 g/mol. The molecule has 2 rings (SSSR count). The highest BCUT2D eigenvalue weighted by atomic mass is 16.4. The van der Waals surface area contributed by atoms with Gasteiger partial charge in [-0.05, 0) is 31.9 Å². The van der Waals surface area contributed by atoms with E-state index >= 15 is 0 Å². The molecule has 1 aromatic carbocycles. The van der Waals surface area contributed by atoms with Crippen LogP contribution in [0.1, 0.15) is 25.8 Å². The second-order valence-electron chi connectivity index (χ2n) is 6.04. The molecule has 0 fully saturated rings. The summed E-state index contributed by atoms with van der Waals surface area (Å²) in [5.41, 5.74) is 0.320. The summed E-state index contributed by atoms with van der Waals surface area (Å²) >= 11 is 0. The van der Waals surface area contributed by atoms with E-state index in [0.717, 1.165) is 10.9 Å². The number of aliphatic hydroxyl groups is 1. The summed E-state index contributed by atoms with van der Waals surface area (Å²) in [6.07, 6.45) is 1.64. The highest BCUT2D eigenvalue weighted by Gasteiger charge is 2.28. The van der Waals surface area contributed by atoms with Crippen molar-refractivity contribution in [1.29, 1.82) is 0 Å². The molecule has 1 amide bonds. The van der Waals surface area contributed by atoms with Crippen molar-refractivity contribution >= 4 is 24.0 Å². The van der Waals surface area contributed by atoms with Crippen molar-refractivity contribution < 1.29 is 24.4 Å². The van der Waals surface area contributed by atoms with E-state index in [0.29, 0.717) is 5.58 Å². The number of carbonyl (C=O) groups excluding carboxylic acids is 1. The number of hydrogen-bond donors (Lipinski definition) is 4. The van der Waals surface area contributed by atoms with Crippen LogP contribution in [0.4, 0.5) is 0 Å². The lowest BCUT2D eigenvalue weighted by molar-refractivity contribution is -0.125. The predicted octanol–water partition coefficient (Wildman–Crippen LogP) is 0.633. The fourth-order valence-electron chi connectivity index (χ4n) is 2.31. The molecule has 1 aromatic heterocycles. The molecule has 0 aliphatic heterocycles. The minimum absolute atomic E-state index is 0.123. The summed E-state index contributed by atoms with van der Waals surface area (Å²) in [7, 11) is -1.71. The van der Waals surface area contributed by atoms with Crippen LogP contribution in [0.5, 0.6) is 0 Å². The Hall–Kier alpha value is -1.83. The van der Waals surface area contributed by atoms with E-state index in [2.05, 4.69) is 5.32 Å². The van der Waals surface area contributed by atoms with E-state index in [1.807, 2.05) is 24.3 Å². The first kappa shape index (κ1) is 16.5. The standard InChI is InChI=1S/C15H20BNO5/c1-15(2,19)8-14(18)17-13(16(20)21)7-10-9-22-12-6-4-3-5-11(10)12/h3-6,9,13,19-21H,7-8H2,1-2H3,(H,17,18). The van der Waals surface area contributed by atoms with Crippen molar-refractivity contribution in [3.05, 3.63) is 36.1 Å². The van der Waals surface area contributed by atoms with Gasteiger partial charge in [-0.25, -0.2) is 0 Å². The number of benzene rings is 1. The van der Waals surface area contributed by atoms with Gasteiger partial charge >= 0.3 is 7.12 Å². The largest absolute Gasteiger partial charge is 0.475 e. The van der Waals surface area contributed by atoms with Gasteiger partial charge in [0.1, 0.15) is 5.58 Å². The van der Waals surface area contributed by atoms with Crippen LogP contribution in [0.3, 0.4) is 0 Å². The summed E-state index contributed by atoms with van der Waals surface area (Å²) in [4.78, 5) is 11.8. The van der Waals surface area contributed by atoms with Crippen molar-refractivity contribution in [2.45, 2.75) is 38.2 Å². The second kappa shape index (κ2) is 6.52. The molecule has 0 bridgehead atoms. The van der Waals surface area contributed by atoms with Gasteiger partial charge in [-0.2, -0.15) is 0 Å². The van der Waals surface area contributed by atoms with Crippen molar-refractivity contribution in [2.24, 2.45) is 0 Å². The topological polar surface area (TPSA) is 103 Å². The van der Waals surface area contributed by atoms with Crippen molar-refractivity contribution in [2.75, 3.05) is 0 Å². The fraction of sp³-hybridized carbons (Fsp3) is 0.400. The van der Waals surface area contributed by atoms with Crippen molar-refractivity contribution in [1.82, 2.24) is 5.32 Å². The third-order valence-corrected chi connectivity index (χ3v) is 3.30. The maximum Gasteiger partial charge on any atom is 0.475 e. The molecule has 1 unspecified atom stereocenters. The molecule has 0 radical (unpaired) electrons. The maximum atomic E-state index is 11.8. The summed E-state index contributed by atoms with van der Waals surface area (Å²) in [5.74, 6) is -1.32. The third kappa shape index (κ3) is 4.33. The average Bonchev–Trinajstić information content (AvgIpc) is 2.79. The van der Waals surface area contributed by atoms with E-state index in [1.165, 1.54) is 13.8 Å². The van der Waals surface area contributed by atoms with Crippen LogP contribution in [-0.4, -0.2) is 39.7 Å². The van der Waals surface area contributed by atoms with Gasteiger partial charge in [0.25, 0.3) is 0 Å². The smallest absolute Gasteiger partial charge is 0.464 e. The zero-order valence-electron chi connectivity index (χ0n) is 12.6. The minimum Gasteiger partial charge on any atom is -0.464 e. The molecule has 0 saturated heterocycles. The van der Waals surface area contributed by atoms with Crippen LogP contribution < -0.4 is 5.32 Å². The number of amides is 1. The molecule has 0 spiro atoms. The van der Waals surface area contributed by atoms with Gasteiger partial charge in [0, 0.05) is 5.39 Å². The Morgan fingerprint density at radius 2 is 2.05 bits per heavy atom. The van der Waals surface area contributed by atoms with Gasteiger partial charge in [-0.3, -0.25) is 4.79 Å². The molecule has 1 atom stereocenters. The summed E-state index contributed by atoms with van der Waals surface area (Å²) in [6, 6.07) is 7.39. The van der Waals surface area contributed by atoms with Gasteiger partial charge in [-0.15, -0.1) is 0 Å². The maximum absolute atomic E-state index is 11.8. The Morgan fingerprint density at radius 1 is 1.36 bits per heavy atom. The molecule has 7 heteroatoms. The summed E-state index contributed by atoms with van der Waals surface area (Å²) < 4.78 is 5.40. The lowest BCUT2D eigenvalue weighted by atomic mass is 9.75. The van der Waals surface area contributed by atoms with Gasteiger partial charge in [0.15, 0.2) is 0 Å². The Labute approximate surface area is 128 Å². The number of hydrogen-bond acceptors (Lipinski definition) is 5. The molecule has 22 heavy (non-hydrogen) atoms. The predicted molar refractivity (Wildman–Crippen MR) is 83.0 cm³/mol. The molecule has 2 aromatic rings. The Kier molecular flexibility index (Phi) is 4.90. The average molecular weight is 305 g/mol. The van der Waals surface area contributed by atoms with Crippen molar-refractivity contribution in [3.63, 3.8) is 0 Å². The number of furan rings is 1. The first-order valence-corrected chi connectivity index (χ1v) is 7.09. The van der Waals surface area contributed by atoms with E-state index < -0.39 is 24.6 Å². The summed E-state index contributed by atoms with van der Waals surface area (Å²) in [5, 5.41) is 32.0. The van der Waals surface area contributed by atoms with Crippen LogP contribution in [0.25, 0.3) is 11.0 Å². The number of fused-ring (bicyclic) bond motifs is 1. The van der Waals surface area contributed by atoms with Crippen LogP contribution in [0.15, 0.2) is 34.9 Å². The van der Waals surface area contributed by atoms with Gasteiger partial charge < -0.3 is 24.9 Å². The lowest BCUT2D eigenvalue weighted by Crippen LogP contribution is -2.49. The van der Waals surface area contributed by atoms with Crippen LogP contribution in [0, 0.1) is 0 Å². The monoisotopic (exact) mass is 305 g/mol. The fourth-order valence-corrected chi connectivity index (χ4v) is 2.31. The van der Waals surface area contributed by atoms with Crippen LogP contribution in [-0.2, 0) is 11.2 Å². The highest BCUT2D eigenvalue weighted by molar-refractivity contribution is 6.43. The van der Waals surface area contributed by atoms with Crippen LogP contribution >= 0.6 is 0 Å². The van der Waals surface area contributed by atoms with Gasteiger partial charge in [-0.1, -0.05) is 18.2 Å². The Morgan fingerprint density at radius 3 is 2.68 bits per heavy atom. The molecule has 6 nitrogen and oxygen atoms in total. The molecule has 4 N–H and O–H groups in total. The van der Waals surface area contributed by atoms with Gasteiger partial charge in [0.05, 0.1) is 24.2 Å². The SMILES string of the molecule is CC(C)(O)CC(=O)NC(Cc1coc2ccccc12)B(O)O. The van der Waals surface area contributed by atoms with E-state index in [4.69, 9.17) is 4.42 Å². The number of nitrogens with one attached hydrogen (secondary N) is 1. The minimum atomic E-state index is -1.71. The van der Waals surface area contributed by atoms with E-state index in [-0.39, 0.29) is 12.8 Å². The first-order valence-electron chi connectivity index (χ1n) is 7.09. The Bertz CT molecular complexity index is 647. The normalized spacial score (nSPS) is 13.1. The molecule has 118 valence electrons. The second-order valence-corrected chi connectivity index (χ2v) is 6.04. The molecule has 0 aliphatic carbocycles. The van der Waals surface area contributed by atoms with Gasteiger partial charge in [0.2, 0.25) is 5.91 Å². The third-order valence-electron chi connectivity index (χ3n) is 3.30. The van der Waals surface area contributed by atoms with E-state index in [9.17, 15) is 19.9 Å². The number of para-hydroxylation sites is 1. The number of rotatable bonds is 6. The lowest BCUT2D eigenvalue weighted by Gasteiger charge is -2.21. The van der Waals surface area contributed by atoms with E-state index in [1.54, 1.807) is 6.26 Å². The highest BCUT2D eigenvalue weighted by Crippen LogP contribution is 2.22. The zero-order valence-corrected chi connectivity index (χ0v) is 12.6. The first-order chi connectivity index (χ1) is 10.3. The molecule has 0 aliphatic rings. The number of carbonyl (C=O) groups is 1. The Balaban J connectivity index is 2.11. The quantitative estimate of drug-likeness (QED) is 0.586. The summed E-state index contributed by atoms with van der Waals surface area (Å²) in [6.45, 7) is 3.03. The molecular formula is C15H20BNO5.